The van der Waals surface area contributed by atoms with Gasteiger partial charge in [-0.1, -0.05) is 50.2 Å². The molecule has 0 aromatic heterocycles. The normalized spacial score (nSPS) is 15.8. The molecule has 0 unspecified atom stereocenters. The first-order chi connectivity index (χ1) is 15.2. The van der Waals surface area contributed by atoms with Crippen molar-refractivity contribution in [2.45, 2.75) is 51.3 Å². The Balaban J connectivity index is 1.69. The van der Waals surface area contributed by atoms with Gasteiger partial charge in [0.05, 0.1) is 11.1 Å². The third-order valence-electron chi connectivity index (χ3n) is 6.29. The first-order valence-electron chi connectivity index (χ1n) is 10.8. The van der Waals surface area contributed by atoms with Gasteiger partial charge in [0.1, 0.15) is 17.1 Å². The summed E-state index contributed by atoms with van der Waals surface area (Å²) in [6.45, 7) is 3.91. The molecule has 4 rings (SSSR count). The molecule has 1 aliphatic carbocycles. The Morgan fingerprint density at radius 1 is 0.938 bits per heavy atom. The molecule has 0 radical (unpaired) electrons. The lowest BCUT2D eigenvalue weighted by atomic mass is 9.88. The van der Waals surface area contributed by atoms with Crippen molar-refractivity contribution in [3.8, 4) is 11.5 Å². The van der Waals surface area contributed by atoms with Crippen LogP contribution in [0.5, 0.6) is 11.5 Å². The van der Waals surface area contributed by atoms with E-state index in [0.717, 1.165) is 35.7 Å². The molecule has 0 amide bonds. The summed E-state index contributed by atoms with van der Waals surface area (Å²) >= 11 is 0. The van der Waals surface area contributed by atoms with Crippen molar-refractivity contribution in [3.63, 3.8) is 0 Å². The number of rotatable bonds is 5. The molecule has 0 saturated heterocycles. The van der Waals surface area contributed by atoms with Gasteiger partial charge in [-0.05, 0) is 61.3 Å². The molecule has 168 valence electrons. The van der Waals surface area contributed by atoms with E-state index in [9.17, 15) is 18.0 Å². The van der Waals surface area contributed by atoms with Gasteiger partial charge in [0.25, 0.3) is 0 Å². The lowest BCUT2D eigenvalue weighted by Crippen LogP contribution is -2.39. The Morgan fingerprint density at radius 3 is 2.31 bits per heavy atom. The van der Waals surface area contributed by atoms with E-state index in [-0.39, 0.29) is 17.2 Å². The lowest BCUT2D eigenvalue weighted by molar-refractivity contribution is -0.140. The maximum Gasteiger partial charge on any atom is 0.419 e. The van der Waals surface area contributed by atoms with Crippen molar-refractivity contribution in [1.29, 1.82) is 0 Å². The van der Waals surface area contributed by atoms with E-state index in [1.807, 2.05) is 44.2 Å². The number of alkyl halides is 3. The van der Waals surface area contributed by atoms with Crippen LogP contribution in [-0.2, 0) is 6.18 Å². The summed E-state index contributed by atoms with van der Waals surface area (Å²) in [5.41, 5.74) is -1.54. The SMILES string of the molecule is CC(C)C1(Oc2cc(C(=O)Oc3cccc4ccccc34)ccc2C(F)(F)F)CCCC1. The van der Waals surface area contributed by atoms with Crippen molar-refractivity contribution in [2.24, 2.45) is 5.92 Å². The standard InChI is InChI=1S/C26H25F3O3/c1-17(2)25(14-5-6-15-25)32-23-16-19(12-13-21(23)26(27,28)29)24(30)31-22-11-7-9-18-8-3-4-10-20(18)22/h3-4,7-13,16-17H,5-6,14-15H2,1-2H3. The molecule has 0 aliphatic heterocycles. The summed E-state index contributed by atoms with van der Waals surface area (Å²) in [4.78, 5) is 12.9. The largest absolute Gasteiger partial charge is 0.486 e. The molecule has 32 heavy (non-hydrogen) atoms. The van der Waals surface area contributed by atoms with Crippen LogP contribution >= 0.6 is 0 Å². The van der Waals surface area contributed by atoms with E-state index in [4.69, 9.17) is 9.47 Å². The number of carbonyl (C=O) groups excluding carboxylic acids is 1. The Bertz CT molecular complexity index is 1120. The summed E-state index contributed by atoms with van der Waals surface area (Å²) < 4.78 is 52.7. The van der Waals surface area contributed by atoms with Crippen molar-refractivity contribution >= 4 is 16.7 Å². The topological polar surface area (TPSA) is 35.5 Å². The van der Waals surface area contributed by atoms with Crippen molar-refractivity contribution in [2.75, 3.05) is 0 Å². The molecule has 3 aromatic carbocycles. The van der Waals surface area contributed by atoms with Crippen LogP contribution in [0, 0.1) is 5.92 Å². The molecule has 0 spiro atoms. The predicted octanol–water partition coefficient (Wildman–Crippen LogP) is 7.43. The fourth-order valence-electron chi connectivity index (χ4n) is 4.40. The van der Waals surface area contributed by atoms with Crippen LogP contribution in [0.1, 0.15) is 55.5 Å². The third-order valence-corrected chi connectivity index (χ3v) is 6.29. The molecule has 1 aliphatic rings. The fraction of sp³-hybridized carbons (Fsp3) is 0.346. The van der Waals surface area contributed by atoms with Crippen molar-refractivity contribution in [1.82, 2.24) is 0 Å². The third kappa shape index (κ3) is 4.31. The number of halogens is 3. The number of ether oxygens (including phenoxy) is 2. The van der Waals surface area contributed by atoms with E-state index in [2.05, 4.69) is 0 Å². The van der Waals surface area contributed by atoms with E-state index in [1.165, 1.54) is 6.07 Å². The Labute approximate surface area is 185 Å². The molecule has 0 atom stereocenters. The number of carbonyl (C=O) groups is 1. The van der Waals surface area contributed by atoms with Crippen LogP contribution in [0.3, 0.4) is 0 Å². The van der Waals surface area contributed by atoms with Gasteiger partial charge in [-0.25, -0.2) is 4.79 Å². The minimum atomic E-state index is -4.59. The Kier molecular flexibility index (Phi) is 5.89. The van der Waals surface area contributed by atoms with Gasteiger partial charge >= 0.3 is 12.1 Å². The molecule has 3 aromatic rings. The van der Waals surface area contributed by atoms with Crippen molar-refractivity contribution in [3.05, 3.63) is 71.8 Å². The summed E-state index contributed by atoms with van der Waals surface area (Å²) in [6.07, 6.45) is -1.41. The molecule has 1 saturated carbocycles. The van der Waals surface area contributed by atoms with E-state index < -0.39 is 23.3 Å². The van der Waals surface area contributed by atoms with E-state index >= 15 is 0 Å². The summed E-state index contributed by atoms with van der Waals surface area (Å²) in [7, 11) is 0. The molecule has 0 N–H and O–H groups in total. The van der Waals surface area contributed by atoms with Crippen LogP contribution in [-0.4, -0.2) is 11.6 Å². The molecule has 6 heteroatoms. The van der Waals surface area contributed by atoms with Crippen LogP contribution in [0.2, 0.25) is 0 Å². The first kappa shape index (κ1) is 22.2. The maximum absolute atomic E-state index is 13.7. The molecular formula is C26H25F3O3. The average molecular weight is 442 g/mol. The zero-order valence-electron chi connectivity index (χ0n) is 18.0. The van der Waals surface area contributed by atoms with E-state index in [1.54, 1.807) is 12.1 Å². The van der Waals surface area contributed by atoms with Gasteiger partial charge in [0.15, 0.2) is 0 Å². The highest BCUT2D eigenvalue weighted by Gasteiger charge is 2.42. The van der Waals surface area contributed by atoms with Crippen LogP contribution in [0.15, 0.2) is 60.7 Å². The van der Waals surface area contributed by atoms with E-state index in [0.29, 0.717) is 18.6 Å². The number of hydrogen-bond acceptors (Lipinski definition) is 3. The van der Waals surface area contributed by atoms with Crippen LogP contribution < -0.4 is 9.47 Å². The second-order valence-corrected chi connectivity index (χ2v) is 8.60. The second kappa shape index (κ2) is 8.49. The van der Waals surface area contributed by atoms with Gasteiger partial charge in [-0.2, -0.15) is 13.2 Å². The number of hydrogen-bond donors (Lipinski definition) is 0. The predicted molar refractivity (Wildman–Crippen MR) is 117 cm³/mol. The highest BCUT2D eigenvalue weighted by Crippen LogP contribution is 2.44. The maximum atomic E-state index is 13.7. The van der Waals surface area contributed by atoms with Gasteiger partial charge in [0, 0.05) is 5.39 Å². The highest BCUT2D eigenvalue weighted by atomic mass is 19.4. The smallest absolute Gasteiger partial charge is 0.419 e. The average Bonchev–Trinajstić information content (AvgIpc) is 3.23. The quantitative estimate of drug-likeness (QED) is 0.305. The molecule has 0 bridgehead atoms. The minimum Gasteiger partial charge on any atom is -0.486 e. The molecule has 1 fully saturated rings. The highest BCUT2D eigenvalue weighted by molar-refractivity contribution is 5.95. The van der Waals surface area contributed by atoms with Gasteiger partial charge in [0.2, 0.25) is 0 Å². The zero-order chi connectivity index (χ0) is 22.9. The summed E-state index contributed by atoms with van der Waals surface area (Å²) in [5.74, 6) is -0.660. The second-order valence-electron chi connectivity index (χ2n) is 8.60. The lowest BCUT2D eigenvalue weighted by Gasteiger charge is -2.35. The van der Waals surface area contributed by atoms with Crippen molar-refractivity contribution < 1.29 is 27.4 Å². The number of esters is 1. The molecule has 3 nitrogen and oxygen atoms in total. The minimum absolute atomic E-state index is 0.0119. The monoisotopic (exact) mass is 442 g/mol. The van der Waals surface area contributed by atoms with Gasteiger partial charge in [-0.15, -0.1) is 0 Å². The fourth-order valence-corrected chi connectivity index (χ4v) is 4.40. The first-order valence-corrected chi connectivity index (χ1v) is 10.8. The number of benzene rings is 3. The number of fused-ring (bicyclic) bond motifs is 1. The Morgan fingerprint density at radius 2 is 1.62 bits per heavy atom. The molecule has 0 heterocycles. The molecular weight excluding hydrogens is 417 g/mol. The van der Waals surface area contributed by atoms with Gasteiger partial charge in [-0.3, -0.25) is 0 Å². The summed E-state index contributed by atoms with van der Waals surface area (Å²) in [6, 6.07) is 15.9. The van der Waals surface area contributed by atoms with Crippen LogP contribution in [0.4, 0.5) is 13.2 Å². The van der Waals surface area contributed by atoms with Gasteiger partial charge < -0.3 is 9.47 Å². The summed E-state index contributed by atoms with van der Waals surface area (Å²) in [5, 5.41) is 1.64. The Hall–Kier alpha value is -3.02. The van der Waals surface area contributed by atoms with Crippen LogP contribution in [0.25, 0.3) is 10.8 Å². The zero-order valence-corrected chi connectivity index (χ0v) is 18.0.